The van der Waals surface area contributed by atoms with Crippen LogP contribution in [0.4, 0.5) is 0 Å². The summed E-state index contributed by atoms with van der Waals surface area (Å²) in [6, 6.07) is 22.0. The summed E-state index contributed by atoms with van der Waals surface area (Å²) < 4.78 is 0. The zero-order valence-electron chi connectivity index (χ0n) is 24.6. The number of nitrogens with zero attached hydrogens (tertiary/aromatic N) is 2. The molecule has 0 fully saturated rings. The Labute approximate surface area is 249 Å². The van der Waals surface area contributed by atoms with Crippen LogP contribution in [0, 0.1) is 17.8 Å². The molecule has 2 nitrogen and oxygen atoms in total. The second-order valence-corrected chi connectivity index (χ2v) is 11.9. The van der Waals surface area contributed by atoms with Crippen LogP contribution in [-0.4, -0.2) is 9.97 Å². The predicted octanol–water partition coefficient (Wildman–Crippen LogP) is 10.6. The summed E-state index contributed by atoms with van der Waals surface area (Å²) in [5.74, 6) is 1.76. The Hall–Kier alpha value is -4.30. The highest BCUT2D eigenvalue weighted by atomic mass is 14.7. The zero-order chi connectivity index (χ0) is 28.5. The summed E-state index contributed by atoms with van der Waals surface area (Å²) in [5.41, 5.74) is 11.7. The van der Waals surface area contributed by atoms with Crippen LogP contribution < -0.4 is 0 Å². The van der Waals surface area contributed by atoms with E-state index >= 15 is 0 Å². The molecule has 42 heavy (non-hydrogen) atoms. The monoisotopic (exact) mass is 546 g/mol. The first-order valence-corrected chi connectivity index (χ1v) is 15.6. The molecule has 3 atom stereocenters. The van der Waals surface area contributed by atoms with Crippen molar-refractivity contribution in [3.05, 3.63) is 138 Å². The number of allylic oxidation sites excluding steroid dienone is 10. The average Bonchev–Trinajstić information content (AvgIpc) is 3.06. The lowest BCUT2D eigenvalue weighted by Crippen LogP contribution is -2.31. The van der Waals surface area contributed by atoms with Crippen LogP contribution in [-0.2, 0) is 0 Å². The van der Waals surface area contributed by atoms with Crippen LogP contribution in [0.2, 0.25) is 0 Å². The first kappa shape index (κ1) is 26.6. The molecular formula is C40H38N2. The molecule has 2 aromatic carbocycles. The van der Waals surface area contributed by atoms with Crippen molar-refractivity contribution < 1.29 is 0 Å². The molecule has 208 valence electrons. The summed E-state index contributed by atoms with van der Waals surface area (Å²) in [4.78, 5) is 9.06. The van der Waals surface area contributed by atoms with E-state index in [1.807, 2.05) is 36.8 Å². The number of aromatic nitrogens is 2. The van der Waals surface area contributed by atoms with Crippen LogP contribution >= 0.6 is 0 Å². The van der Waals surface area contributed by atoms with Gasteiger partial charge in [0.05, 0.1) is 5.69 Å². The molecule has 0 aliphatic heterocycles. The van der Waals surface area contributed by atoms with Gasteiger partial charge in [0.1, 0.15) is 0 Å². The number of hydrogen-bond donors (Lipinski definition) is 0. The minimum absolute atomic E-state index is 0.557. The van der Waals surface area contributed by atoms with Crippen LogP contribution in [0.25, 0.3) is 38.7 Å². The average molecular weight is 547 g/mol. The molecule has 4 aromatic rings. The molecule has 3 unspecified atom stereocenters. The molecule has 0 saturated carbocycles. The van der Waals surface area contributed by atoms with Gasteiger partial charge in [-0.15, -0.1) is 0 Å². The fraction of sp³-hybridized carbons (Fsp3) is 0.250. The van der Waals surface area contributed by atoms with Crippen molar-refractivity contribution in [2.24, 2.45) is 17.8 Å². The van der Waals surface area contributed by atoms with Gasteiger partial charge in [0.25, 0.3) is 0 Å². The molecule has 3 aliphatic rings. The number of hydrogen-bond acceptors (Lipinski definition) is 2. The fourth-order valence-electron chi connectivity index (χ4n) is 7.81. The van der Waals surface area contributed by atoms with Crippen molar-refractivity contribution in [2.45, 2.75) is 46.0 Å². The Kier molecular flexibility index (Phi) is 7.30. The Balaban J connectivity index is 1.45. The van der Waals surface area contributed by atoms with Gasteiger partial charge in [-0.3, -0.25) is 9.97 Å². The Morgan fingerprint density at radius 1 is 0.786 bits per heavy atom. The van der Waals surface area contributed by atoms with Crippen LogP contribution in [0.15, 0.2) is 132 Å². The minimum atomic E-state index is 0.557. The van der Waals surface area contributed by atoms with Gasteiger partial charge in [0.2, 0.25) is 0 Å². The second-order valence-electron chi connectivity index (χ2n) is 11.9. The smallest absolute Gasteiger partial charge is 0.0781 e. The zero-order valence-corrected chi connectivity index (χ0v) is 24.6. The summed E-state index contributed by atoms with van der Waals surface area (Å²) in [6.07, 6.45) is 26.2. The van der Waals surface area contributed by atoms with E-state index in [4.69, 9.17) is 4.98 Å². The SMILES string of the molecule is C/C=C\C1=C(C)C(C2C=CCCC2)C2CCC=CC2=C1c1cccc2c(-c3cccnc3-c3ccncc3)cccc12. The lowest BCUT2D eigenvalue weighted by atomic mass is 9.62. The molecule has 3 aliphatic carbocycles. The van der Waals surface area contributed by atoms with E-state index in [2.05, 4.69) is 97.8 Å². The predicted molar refractivity (Wildman–Crippen MR) is 177 cm³/mol. The van der Waals surface area contributed by atoms with Gasteiger partial charge in [-0.1, -0.05) is 84.5 Å². The van der Waals surface area contributed by atoms with Crippen LogP contribution in [0.1, 0.15) is 51.5 Å². The highest BCUT2D eigenvalue weighted by Gasteiger charge is 2.39. The topological polar surface area (TPSA) is 25.8 Å². The van der Waals surface area contributed by atoms with Crippen molar-refractivity contribution in [3.63, 3.8) is 0 Å². The third kappa shape index (κ3) is 4.60. The van der Waals surface area contributed by atoms with E-state index in [9.17, 15) is 0 Å². The molecule has 0 amide bonds. The normalized spacial score (nSPS) is 22.3. The number of benzene rings is 2. The highest BCUT2D eigenvalue weighted by Crippen LogP contribution is 2.52. The summed E-state index contributed by atoms with van der Waals surface area (Å²) in [6.45, 7) is 4.58. The molecule has 0 saturated heterocycles. The lowest BCUT2D eigenvalue weighted by Gasteiger charge is -2.42. The fourth-order valence-corrected chi connectivity index (χ4v) is 7.81. The molecule has 2 aromatic heterocycles. The molecule has 0 spiro atoms. The van der Waals surface area contributed by atoms with E-state index < -0.39 is 0 Å². The third-order valence-corrected chi connectivity index (χ3v) is 9.59. The lowest BCUT2D eigenvalue weighted by molar-refractivity contribution is 0.299. The maximum absolute atomic E-state index is 4.83. The van der Waals surface area contributed by atoms with Gasteiger partial charge >= 0.3 is 0 Å². The second kappa shape index (κ2) is 11.5. The number of pyridine rings is 2. The minimum Gasteiger partial charge on any atom is -0.265 e. The first-order chi connectivity index (χ1) is 20.8. The maximum Gasteiger partial charge on any atom is 0.0781 e. The number of rotatable bonds is 5. The summed E-state index contributed by atoms with van der Waals surface area (Å²) in [7, 11) is 0. The van der Waals surface area contributed by atoms with E-state index in [0.29, 0.717) is 17.8 Å². The third-order valence-electron chi connectivity index (χ3n) is 9.59. The summed E-state index contributed by atoms with van der Waals surface area (Å²) in [5, 5.41) is 2.56. The van der Waals surface area contributed by atoms with E-state index in [1.54, 1.807) is 5.57 Å². The van der Waals surface area contributed by atoms with Crippen molar-refractivity contribution in [1.29, 1.82) is 0 Å². The van der Waals surface area contributed by atoms with E-state index in [0.717, 1.165) is 16.8 Å². The standard InChI is InChI=1S/C40H38N2/c1-3-12-30-27(2)38(28-13-5-4-6-14-28)35-15-7-8-16-36(35)39(30)34-20-10-17-31-32(34)18-9-19-33(31)37-21-11-24-42-40(37)29-22-25-41-26-23-29/h3,5,8-13,16-26,28,35,38H,4,6-7,14-15H2,1-2H3/b12-3-. The van der Waals surface area contributed by atoms with Crippen molar-refractivity contribution in [3.8, 4) is 22.4 Å². The molecule has 2 heteroatoms. The number of fused-ring (bicyclic) bond motifs is 2. The van der Waals surface area contributed by atoms with Crippen molar-refractivity contribution in [2.75, 3.05) is 0 Å². The quantitative estimate of drug-likeness (QED) is 0.233. The highest BCUT2D eigenvalue weighted by molar-refractivity contribution is 6.07. The van der Waals surface area contributed by atoms with E-state index in [1.165, 1.54) is 70.7 Å². The van der Waals surface area contributed by atoms with Gasteiger partial charge in [-0.2, -0.15) is 0 Å². The molecule has 0 N–H and O–H groups in total. The van der Waals surface area contributed by atoms with Gasteiger partial charge in [0, 0.05) is 29.7 Å². The molecule has 2 heterocycles. The van der Waals surface area contributed by atoms with Crippen LogP contribution in [0.5, 0.6) is 0 Å². The van der Waals surface area contributed by atoms with Gasteiger partial charge in [-0.25, -0.2) is 0 Å². The Morgan fingerprint density at radius 2 is 1.57 bits per heavy atom. The van der Waals surface area contributed by atoms with Gasteiger partial charge < -0.3 is 0 Å². The van der Waals surface area contributed by atoms with Crippen molar-refractivity contribution in [1.82, 2.24) is 9.97 Å². The summed E-state index contributed by atoms with van der Waals surface area (Å²) >= 11 is 0. The van der Waals surface area contributed by atoms with E-state index in [-0.39, 0.29) is 0 Å². The van der Waals surface area contributed by atoms with Gasteiger partial charge in [0.15, 0.2) is 0 Å². The molecule has 7 rings (SSSR count). The van der Waals surface area contributed by atoms with Crippen LogP contribution in [0.3, 0.4) is 0 Å². The van der Waals surface area contributed by atoms with Crippen molar-refractivity contribution >= 4 is 16.3 Å². The molecule has 0 radical (unpaired) electrons. The Morgan fingerprint density at radius 3 is 2.36 bits per heavy atom. The maximum atomic E-state index is 4.83. The molecule has 0 bridgehead atoms. The van der Waals surface area contributed by atoms with Gasteiger partial charge in [-0.05, 0) is 121 Å². The molecular weight excluding hydrogens is 508 g/mol. The first-order valence-electron chi connectivity index (χ1n) is 15.6. The Bertz CT molecular complexity index is 1780. The largest absolute Gasteiger partial charge is 0.265 e.